The maximum Gasteiger partial charge on any atom is 0.312 e. The Morgan fingerprint density at radius 1 is 1.56 bits per heavy atom. The summed E-state index contributed by atoms with van der Waals surface area (Å²) in [6.07, 6.45) is -0.907. The van der Waals surface area contributed by atoms with Crippen molar-refractivity contribution in [1.29, 1.82) is 0 Å². The Morgan fingerprint density at radius 3 is 2.83 bits per heavy atom. The van der Waals surface area contributed by atoms with Crippen LogP contribution in [0.2, 0.25) is 0 Å². The van der Waals surface area contributed by atoms with E-state index in [9.17, 15) is 10.1 Å². The van der Waals surface area contributed by atoms with E-state index in [1.165, 1.54) is 12.1 Å². The van der Waals surface area contributed by atoms with Crippen LogP contribution in [0.25, 0.3) is 0 Å². The zero-order chi connectivity index (χ0) is 13.5. The van der Waals surface area contributed by atoms with Gasteiger partial charge in [-0.25, -0.2) is 0 Å². The Morgan fingerprint density at radius 2 is 2.28 bits per heavy atom. The van der Waals surface area contributed by atoms with Crippen LogP contribution in [0.15, 0.2) is 18.2 Å². The third-order valence-electron chi connectivity index (χ3n) is 2.21. The van der Waals surface area contributed by atoms with E-state index in [0.29, 0.717) is 12.3 Å². The van der Waals surface area contributed by atoms with Gasteiger partial charge in [0.25, 0.3) is 0 Å². The first-order valence-corrected chi connectivity index (χ1v) is 5.52. The third kappa shape index (κ3) is 3.86. The molecule has 0 amide bonds. The second-order valence-electron chi connectivity index (χ2n) is 3.59. The second-order valence-corrected chi connectivity index (χ2v) is 3.59. The van der Waals surface area contributed by atoms with Crippen molar-refractivity contribution in [2.45, 2.75) is 13.0 Å². The van der Waals surface area contributed by atoms with Crippen LogP contribution in [0.5, 0.6) is 5.75 Å². The minimum absolute atomic E-state index is 0.113. The minimum atomic E-state index is -0.907. The summed E-state index contributed by atoms with van der Waals surface area (Å²) in [5.74, 6) is 0.204. The molecule has 1 aromatic carbocycles. The topological polar surface area (TPSA) is 105 Å². The summed E-state index contributed by atoms with van der Waals surface area (Å²) >= 11 is 0. The SMILES string of the molecule is CCOc1ccc(NCC(O)CO)cc1[N+](=O)[O-]. The Labute approximate surface area is 104 Å². The van der Waals surface area contributed by atoms with Crippen molar-refractivity contribution in [2.75, 3.05) is 25.1 Å². The van der Waals surface area contributed by atoms with E-state index in [1.54, 1.807) is 13.0 Å². The lowest BCUT2D eigenvalue weighted by molar-refractivity contribution is -0.385. The predicted octanol–water partition coefficient (Wildman–Crippen LogP) is 0.759. The average Bonchev–Trinajstić information content (AvgIpc) is 2.37. The smallest absolute Gasteiger partial charge is 0.312 e. The first kappa shape index (κ1) is 14.2. The van der Waals surface area contributed by atoms with E-state index in [1.807, 2.05) is 0 Å². The lowest BCUT2D eigenvalue weighted by Gasteiger charge is -2.11. The summed E-state index contributed by atoms with van der Waals surface area (Å²) in [4.78, 5) is 10.3. The molecule has 0 aromatic heterocycles. The summed E-state index contributed by atoms with van der Waals surface area (Å²) in [5, 5.41) is 31.5. The van der Waals surface area contributed by atoms with E-state index in [0.717, 1.165) is 0 Å². The molecular weight excluding hydrogens is 240 g/mol. The summed E-state index contributed by atoms with van der Waals surface area (Å²) in [5.41, 5.74) is 0.345. The summed E-state index contributed by atoms with van der Waals surface area (Å²) in [7, 11) is 0. The fraction of sp³-hybridized carbons (Fsp3) is 0.455. The van der Waals surface area contributed by atoms with Gasteiger partial charge in [-0.3, -0.25) is 10.1 Å². The summed E-state index contributed by atoms with van der Waals surface area (Å²) < 4.78 is 5.14. The molecule has 1 unspecified atom stereocenters. The van der Waals surface area contributed by atoms with E-state index in [2.05, 4.69) is 5.32 Å². The molecule has 18 heavy (non-hydrogen) atoms. The van der Waals surface area contributed by atoms with Crippen LogP contribution in [-0.4, -0.2) is 41.0 Å². The van der Waals surface area contributed by atoms with Gasteiger partial charge in [0.2, 0.25) is 0 Å². The first-order chi connectivity index (χ1) is 8.58. The van der Waals surface area contributed by atoms with Crippen LogP contribution in [0.3, 0.4) is 0 Å². The molecule has 0 fully saturated rings. The number of benzene rings is 1. The van der Waals surface area contributed by atoms with Crippen LogP contribution >= 0.6 is 0 Å². The number of nitrogens with one attached hydrogen (secondary N) is 1. The van der Waals surface area contributed by atoms with E-state index >= 15 is 0 Å². The average molecular weight is 256 g/mol. The number of aliphatic hydroxyl groups is 2. The molecule has 0 bridgehead atoms. The highest BCUT2D eigenvalue weighted by molar-refractivity contribution is 5.58. The quantitative estimate of drug-likeness (QED) is 0.491. The molecular formula is C11H16N2O5. The zero-order valence-corrected chi connectivity index (χ0v) is 10.00. The highest BCUT2D eigenvalue weighted by atomic mass is 16.6. The van der Waals surface area contributed by atoms with Crippen molar-refractivity contribution in [1.82, 2.24) is 0 Å². The molecule has 1 aromatic rings. The van der Waals surface area contributed by atoms with Gasteiger partial charge in [-0.2, -0.15) is 0 Å². The molecule has 1 atom stereocenters. The largest absolute Gasteiger partial charge is 0.487 e. The van der Waals surface area contributed by atoms with Gasteiger partial charge in [-0.05, 0) is 19.1 Å². The Bertz CT molecular complexity index is 410. The van der Waals surface area contributed by atoms with Gasteiger partial charge in [0.05, 0.1) is 24.2 Å². The van der Waals surface area contributed by atoms with Crippen molar-refractivity contribution in [3.8, 4) is 5.75 Å². The summed E-state index contributed by atoms with van der Waals surface area (Å²) in [6.45, 7) is 1.83. The first-order valence-electron chi connectivity index (χ1n) is 5.52. The number of anilines is 1. The van der Waals surface area contributed by atoms with Gasteiger partial charge in [0, 0.05) is 18.3 Å². The number of nitrogens with zero attached hydrogens (tertiary/aromatic N) is 1. The maximum absolute atomic E-state index is 10.9. The molecule has 1 rings (SSSR count). The number of hydrogen-bond acceptors (Lipinski definition) is 6. The van der Waals surface area contributed by atoms with E-state index in [4.69, 9.17) is 14.9 Å². The Balaban J connectivity index is 2.83. The molecule has 0 aliphatic rings. The standard InChI is InChI=1S/C11H16N2O5/c1-2-18-11-4-3-8(5-10(11)13(16)17)12-6-9(15)7-14/h3-5,9,12,14-15H,2,6-7H2,1H3. The second kappa shape index (κ2) is 6.77. The minimum Gasteiger partial charge on any atom is -0.487 e. The molecule has 0 aliphatic carbocycles. The highest BCUT2D eigenvalue weighted by Gasteiger charge is 2.15. The fourth-order valence-electron chi connectivity index (χ4n) is 1.35. The molecule has 0 radical (unpaired) electrons. The normalized spacial score (nSPS) is 11.9. The summed E-state index contributed by atoms with van der Waals surface area (Å²) in [6, 6.07) is 4.44. The molecule has 0 heterocycles. The number of rotatable bonds is 7. The van der Waals surface area contributed by atoms with E-state index in [-0.39, 0.29) is 24.6 Å². The lowest BCUT2D eigenvalue weighted by atomic mass is 10.2. The number of nitro benzene ring substituents is 1. The van der Waals surface area contributed by atoms with Crippen LogP contribution in [0.1, 0.15) is 6.92 Å². The van der Waals surface area contributed by atoms with Crippen LogP contribution in [0, 0.1) is 10.1 Å². The highest BCUT2D eigenvalue weighted by Crippen LogP contribution is 2.29. The number of nitro groups is 1. The zero-order valence-electron chi connectivity index (χ0n) is 10.00. The number of ether oxygens (including phenoxy) is 1. The molecule has 3 N–H and O–H groups in total. The van der Waals surface area contributed by atoms with Crippen LogP contribution in [-0.2, 0) is 0 Å². The molecule has 0 saturated carbocycles. The van der Waals surface area contributed by atoms with Crippen molar-refractivity contribution < 1.29 is 19.9 Å². The van der Waals surface area contributed by atoms with Crippen LogP contribution < -0.4 is 10.1 Å². The van der Waals surface area contributed by atoms with Crippen molar-refractivity contribution in [3.05, 3.63) is 28.3 Å². The Hall–Kier alpha value is -1.86. The van der Waals surface area contributed by atoms with Gasteiger partial charge in [-0.15, -0.1) is 0 Å². The van der Waals surface area contributed by atoms with Gasteiger partial charge in [-0.1, -0.05) is 0 Å². The fourth-order valence-corrected chi connectivity index (χ4v) is 1.35. The van der Waals surface area contributed by atoms with Gasteiger partial charge in [0.1, 0.15) is 0 Å². The molecule has 7 heteroatoms. The Kier molecular flexibility index (Phi) is 5.34. The van der Waals surface area contributed by atoms with Crippen molar-refractivity contribution in [2.24, 2.45) is 0 Å². The lowest BCUT2D eigenvalue weighted by Crippen LogP contribution is -2.22. The molecule has 100 valence electrons. The van der Waals surface area contributed by atoms with Gasteiger partial charge >= 0.3 is 5.69 Å². The van der Waals surface area contributed by atoms with E-state index < -0.39 is 11.0 Å². The van der Waals surface area contributed by atoms with Crippen LogP contribution in [0.4, 0.5) is 11.4 Å². The molecule has 0 saturated heterocycles. The third-order valence-corrected chi connectivity index (χ3v) is 2.21. The molecule has 7 nitrogen and oxygen atoms in total. The van der Waals surface area contributed by atoms with Crippen molar-refractivity contribution in [3.63, 3.8) is 0 Å². The predicted molar refractivity (Wildman–Crippen MR) is 65.8 cm³/mol. The number of hydrogen-bond donors (Lipinski definition) is 3. The van der Waals surface area contributed by atoms with Gasteiger partial charge in [0.15, 0.2) is 5.75 Å². The number of aliphatic hydroxyl groups excluding tert-OH is 2. The molecule has 0 spiro atoms. The maximum atomic E-state index is 10.9. The monoisotopic (exact) mass is 256 g/mol. The van der Waals surface area contributed by atoms with Gasteiger partial charge < -0.3 is 20.3 Å². The van der Waals surface area contributed by atoms with Crippen molar-refractivity contribution >= 4 is 11.4 Å². The molecule has 0 aliphatic heterocycles.